The molecule has 0 aromatic heterocycles. The fraction of sp³-hybridized carbons (Fsp3) is 0.364. The number of carbonyl (C=O) groups is 1. The minimum absolute atomic E-state index is 0.227. The Kier molecular flexibility index (Phi) is 3.80. The molecule has 0 spiro atoms. The number of ether oxygens (including phenoxy) is 1. The summed E-state index contributed by atoms with van der Waals surface area (Å²) in [5.41, 5.74) is 0.316. The van der Waals surface area contributed by atoms with Crippen molar-refractivity contribution in [2.75, 3.05) is 0 Å². The minimum atomic E-state index is -1.12. The quantitative estimate of drug-likeness (QED) is 0.833. The van der Waals surface area contributed by atoms with Crippen molar-refractivity contribution in [2.24, 2.45) is 0 Å². The monoisotopic (exact) mass is 212 g/mol. The van der Waals surface area contributed by atoms with Crippen LogP contribution < -0.4 is 0 Å². The van der Waals surface area contributed by atoms with E-state index in [1.54, 1.807) is 13.8 Å². The highest BCUT2D eigenvalue weighted by molar-refractivity contribution is 5.74. The molecule has 3 nitrogen and oxygen atoms in total. The van der Waals surface area contributed by atoms with E-state index in [4.69, 9.17) is 9.84 Å². The number of carboxylic acids is 1. The Bertz CT molecular complexity index is 349. The van der Waals surface area contributed by atoms with E-state index in [9.17, 15) is 9.18 Å². The van der Waals surface area contributed by atoms with Crippen LogP contribution in [0.25, 0.3) is 0 Å². The Morgan fingerprint density at radius 3 is 2.60 bits per heavy atom. The van der Waals surface area contributed by atoms with Crippen molar-refractivity contribution >= 4 is 5.97 Å². The van der Waals surface area contributed by atoms with Crippen molar-refractivity contribution < 1.29 is 19.0 Å². The van der Waals surface area contributed by atoms with Crippen LogP contribution in [0.15, 0.2) is 24.3 Å². The number of halogens is 1. The van der Waals surface area contributed by atoms with Gasteiger partial charge in [0.25, 0.3) is 0 Å². The molecule has 0 heterocycles. The lowest BCUT2D eigenvalue weighted by Gasteiger charge is -2.16. The summed E-state index contributed by atoms with van der Waals surface area (Å²) in [4.78, 5) is 10.9. The molecule has 0 radical (unpaired) electrons. The normalized spacial score (nSPS) is 12.8. The molecule has 0 saturated carbocycles. The first kappa shape index (κ1) is 11.7. The van der Waals surface area contributed by atoms with Gasteiger partial charge in [-0.3, -0.25) is 0 Å². The lowest BCUT2D eigenvalue weighted by atomic mass is 10.1. The lowest BCUT2D eigenvalue weighted by molar-refractivity contribution is -0.153. The fourth-order valence-corrected chi connectivity index (χ4v) is 1.22. The maximum Gasteiger partial charge on any atom is 0.337 e. The molecule has 1 aromatic carbocycles. The highest BCUT2D eigenvalue weighted by Crippen LogP contribution is 2.20. The average molecular weight is 212 g/mol. The number of hydrogen-bond donors (Lipinski definition) is 1. The zero-order valence-corrected chi connectivity index (χ0v) is 8.61. The molecule has 1 rings (SSSR count). The zero-order valence-electron chi connectivity index (χ0n) is 8.61. The Hall–Kier alpha value is -1.42. The molecule has 0 amide bonds. The molecule has 1 N–H and O–H groups in total. The maximum atomic E-state index is 12.9. The van der Waals surface area contributed by atoms with Crippen LogP contribution >= 0.6 is 0 Å². The van der Waals surface area contributed by atoms with Gasteiger partial charge in [0, 0.05) is 0 Å². The average Bonchev–Trinajstić information content (AvgIpc) is 2.13. The number of aliphatic carboxylic acids is 1. The van der Waals surface area contributed by atoms with Crippen LogP contribution in [0.2, 0.25) is 0 Å². The van der Waals surface area contributed by atoms with Crippen LogP contribution in [0.1, 0.15) is 25.5 Å². The van der Waals surface area contributed by atoms with Gasteiger partial charge < -0.3 is 9.84 Å². The van der Waals surface area contributed by atoms with Gasteiger partial charge in [-0.05, 0) is 31.5 Å². The Morgan fingerprint density at radius 1 is 1.47 bits per heavy atom. The second-order valence-corrected chi connectivity index (χ2v) is 3.46. The molecule has 82 valence electrons. The second-order valence-electron chi connectivity index (χ2n) is 3.46. The Labute approximate surface area is 87.5 Å². The summed E-state index contributed by atoms with van der Waals surface area (Å²) in [5.74, 6) is -1.58. The largest absolute Gasteiger partial charge is 0.479 e. The molecule has 0 aliphatic carbocycles. The number of benzene rings is 1. The van der Waals surface area contributed by atoms with Gasteiger partial charge in [0.2, 0.25) is 0 Å². The van der Waals surface area contributed by atoms with Gasteiger partial charge in [-0.15, -0.1) is 0 Å². The van der Waals surface area contributed by atoms with E-state index in [1.807, 2.05) is 0 Å². The van der Waals surface area contributed by atoms with Gasteiger partial charge in [0.1, 0.15) is 5.82 Å². The van der Waals surface area contributed by atoms with E-state index >= 15 is 0 Å². The number of carboxylic acid groups (broad SMARTS) is 1. The molecule has 1 unspecified atom stereocenters. The Balaban J connectivity index is 2.94. The maximum absolute atomic E-state index is 12.9. The van der Waals surface area contributed by atoms with Crippen molar-refractivity contribution in [3.05, 3.63) is 35.6 Å². The lowest BCUT2D eigenvalue weighted by Crippen LogP contribution is -2.19. The van der Waals surface area contributed by atoms with Gasteiger partial charge in [0.05, 0.1) is 6.10 Å². The van der Waals surface area contributed by atoms with E-state index in [0.29, 0.717) is 5.56 Å². The van der Waals surface area contributed by atoms with Crippen LogP contribution in [-0.2, 0) is 9.53 Å². The Morgan fingerprint density at radius 2 is 2.13 bits per heavy atom. The van der Waals surface area contributed by atoms with E-state index in [1.165, 1.54) is 24.3 Å². The van der Waals surface area contributed by atoms with E-state index in [0.717, 1.165) is 0 Å². The number of rotatable bonds is 4. The first-order valence-corrected chi connectivity index (χ1v) is 4.64. The van der Waals surface area contributed by atoms with Crippen molar-refractivity contribution in [2.45, 2.75) is 26.1 Å². The molecule has 0 fully saturated rings. The molecular weight excluding hydrogens is 199 g/mol. The van der Waals surface area contributed by atoms with Gasteiger partial charge in [-0.1, -0.05) is 12.1 Å². The van der Waals surface area contributed by atoms with Gasteiger partial charge in [-0.25, -0.2) is 9.18 Å². The third-order valence-corrected chi connectivity index (χ3v) is 1.78. The summed E-state index contributed by atoms with van der Waals surface area (Å²) in [6.07, 6.45) is -1.34. The van der Waals surface area contributed by atoms with Crippen molar-refractivity contribution in [3.8, 4) is 0 Å². The van der Waals surface area contributed by atoms with Gasteiger partial charge in [-0.2, -0.15) is 0 Å². The minimum Gasteiger partial charge on any atom is -0.479 e. The van der Waals surface area contributed by atoms with E-state index in [-0.39, 0.29) is 6.10 Å². The van der Waals surface area contributed by atoms with Gasteiger partial charge >= 0.3 is 5.97 Å². The van der Waals surface area contributed by atoms with Crippen LogP contribution in [0.3, 0.4) is 0 Å². The summed E-state index contributed by atoms with van der Waals surface area (Å²) in [6.45, 7) is 3.46. The topological polar surface area (TPSA) is 46.5 Å². The van der Waals surface area contributed by atoms with E-state index < -0.39 is 17.9 Å². The molecular formula is C11H13FO3. The summed E-state index contributed by atoms with van der Waals surface area (Å²) in [6, 6.07) is 5.42. The molecule has 0 bridgehead atoms. The van der Waals surface area contributed by atoms with E-state index in [2.05, 4.69) is 0 Å². The zero-order chi connectivity index (χ0) is 11.4. The predicted molar refractivity (Wildman–Crippen MR) is 53.0 cm³/mol. The third-order valence-electron chi connectivity index (χ3n) is 1.78. The summed E-state index contributed by atoms with van der Waals surface area (Å²) >= 11 is 0. The highest BCUT2D eigenvalue weighted by Gasteiger charge is 2.21. The van der Waals surface area contributed by atoms with Crippen LogP contribution in [0.4, 0.5) is 4.39 Å². The molecule has 0 aliphatic heterocycles. The molecule has 4 heteroatoms. The van der Waals surface area contributed by atoms with Crippen molar-refractivity contribution in [1.82, 2.24) is 0 Å². The molecule has 0 aliphatic rings. The summed E-state index contributed by atoms with van der Waals surface area (Å²) in [5, 5.41) is 8.92. The highest BCUT2D eigenvalue weighted by atomic mass is 19.1. The molecule has 1 aromatic rings. The number of hydrogen-bond acceptors (Lipinski definition) is 2. The SMILES string of the molecule is CC(C)OC(C(=O)O)c1cccc(F)c1. The summed E-state index contributed by atoms with van der Waals surface area (Å²) in [7, 11) is 0. The molecule has 15 heavy (non-hydrogen) atoms. The van der Waals surface area contributed by atoms with Crippen LogP contribution in [0.5, 0.6) is 0 Å². The first-order chi connectivity index (χ1) is 7.00. The summed E-state index contributed by atoms with van der Waals surface area (Å²) < 4.78 is 18.1. The van der Waals surface area contributed by atoms with Crippen molar-refractivity contribution in [1.29, 1.82) is 0 Å². The third kappa shape index (κ3) is 3.32. The standard InChI is InChI=1S/C11H13FO3/c1-7(2)15-10(11(13)14)8-4-3-5-9(12)6-8/h3-7,10H,1-2H3,(H,13,14). The smallest absolute Gasteiger partial charge is 0.337 e. The van der Waals surface area contributed by atoms with Crippen LogP contribution in [-0.4, -0.2) is 17.2 Å². The van der Waals surface area contributed by atoms with Crippen LogP contribution in [0, 0.1) is 5.82 Å². The fourth-order valence-electron chi connectivity index (χ4n) is 1.22. The first-order valence-electron chi connectivity index (χ1n) is 4.64. The van der Waals surface area contributed by atoms with Gasteiger partial charge in [0.15, 0.2) is 6.10 Å². The molecule has 0 saturated heterocycles. The predicted octanol–water partition coefficient (Wildman–Crippen LogP) is 2.38. The van der Waals surface area contributed by atoms with Crippen molar-refractivity contribution in [3.63, 3.8) is 0 Å². The second kappa shape index (κ2) is 4.89. The molecule has 1 atom stereocenters.